The smallest absolute Gasteiger partial charge is 0.224 e. The Morgan fingerprint density at radius 1 is 1.27 bits per heavy atom. The van der Waals surface area contributed by atoms with E-state index in [1.165, 1.54) is 18.2 Å². The molecule has 0 unspecified atom stereocenters. The minimum atomic E-state index is -0.413. The van der Waals surface area contributed by atoms with Crippen LogP contribution in [-0.2, 0) is 11.2 Å². The molecule has 22 heavy (non-hydrogen) atoms. The van der Waals surface area contributed by atoms with Crippen molar-refractivity contribution in [1.82, 2.24) is 5.32 Å². The normalized spacial score (nSPS) is 10.3. The van der Waals surface area contributed by atoms with Crippen LogP contribution in [0.4, 0.5) is 4.39 Å². The maximum atomic E-state index is 12.9. The van der Waals surface area contributed by atoms with Crippen molar-refractivity contribution in [1.29, 1.82) is 0 Å². The number of carbonyl (C=O) groups excluding carboxylic acids is 1. The molecule has 0 heterocycles. The Kier molecular flexibility index (Phi) is 5.78. The molecule has 0 aliphatic carbocycles. The van der Waals surface area contributed by atoms with Crippen LogP contribution in [-0.4, -0.2) is 19.1 Å². The van der Waals surface area contributed by atoms with Gasteiger partial charge in [0.1, 0.15) is 18.2 Å². The molecule has 0 radical (unpaired) electrons. The highest BCUT2D eigenvalue weighted by Crippen LogP contribution is 2.24. The number of rotatable bonds is 6. The summed E-state index contributed by atoms with van der Waals surface area (Å²) in [5, 5.41) is 2.99. The first kappa shape index (κ1) is 16.3. The van der Waals surface area contributed by atoms with Gasteiger partial charge >= 0.3 is 0 Å². The van der Waals surface area contributed by atoms with Gasteiger partial charge in [-0.1, -0.05) is 35.9 Å². The van der Waals surface area contributed by atoms with Gasteiger partial charge in [0.05, 0.1) is 18.0 Å². The van der Waals surface area contributed by atoms with Crippen LogP contribution in [0.5, 0.6) is 5.75 Å². The first-order chi connectivity index (χ1) is 10.6. The fraction of sp³-hybridized carbons (Fsp3) is 0.235. The lowest BCUT2D eigenvalue weighted by Gasteiger charge is -2.10. The summed E-state index contributed by atoms with van der Waals surface area (Å²) in [5.74, 6) is -0.0804. The number of carbonyl (C=O) groups is 1. The summed E-state index contributed by atoms with van der Waals surface area (Å²) < 4.78 is 18.3. The van der Waals surface area contributed by atoms with Gasteiger partial charge in [-0.05, 0) is 36.2 Å². The van der Waals surface area contributed by atoms with Gasteiger partial charge in [-0.25, -0.2) is 4.39 Å². The number of ether oxygens (including phenoxy) is 1. The Hall–Kier alpha value is -2.07. The third-order valence-electron chi connectivity index (χ3n) is 3.19. The average Bonchev–Trinajstić information content (AvgIpc) is 2.48. The van der Waals surface area contributed by atoms with E-state index in [1.54, 1.807) is 0 Å². The van der Waals surface area contributed by atoms with Crippen molar-refractivity contribution in [2.24, 2.45) is 0 Å². The fourth-order valence-corrected chi connectivity index (χ4v) is 2.21. The second kappa shape index (κ2) is 7.80. The molecule has 0 spiro atoms. The van der Waals surface area contributed by atoms with E-state index < -0.39 is 5.82 Å². The molecule has 2 aromatic rings. The van der Waals surface area contributed by atoms with Crippen LogP contribution in [0.3, 0.4) is 0 Å². The highest BCUT2D eigenvalue weighted by atomic mass is 35.5. The summed E-state index contributed by atoms with van der Waals surface area (Å²) in [4.78, 5) is 11.8. The Bertz CT molecular complexity index is 661. The summed E-state index contributed by atoms with van der Waals surface area (Å²) in [5.41, 5.74) is 2.09. The molecular weight excluding hydrogens is 305 g/mol. The third-order valence-corrected chi connectivity index (χ3v) is 3.48. The Balaban J connectivity index is 1.74. The minimum Gasteiger partial charge on any atom is -0.490 e. The lowest BCUT2D eigenvalue weighted by molar-refractivity contribution is -0.120. The van der Waals surface area contributed by atoms with Crippen molar-refractivity contribution >= 4 is 17.5 Å². The van der Waals surface area contributed by atoms with E-state index in [9.17, 15) is 9.18 Å². The van der Waals surface area contributed by atoms with Crippen LogP contribution in [0.25, 0.3) is 0 Å². The molecular formula is C17H17ClFNO2. The minimum absolute atomic E-state index is 0.0666. The van der Waals surface area contributed by atoms with Gasteiger partial charge < -0.3 is 10.1 Å². The molecule has 0 aromatic heterocycles. The zero-order valence-electron chi connectivity index (χ0n) is 12.2. The van der Waals surface area contributed by atoms with Gasteiger partial charge in [-0.2, -0.15) is 0 Å². The summed E-state index contributed by atoms with van der Waals surface area (Å²) in [6, 6.07) is 11.7. The lowest BCUT2D eigenvalue weighted by atomic mass is 10.1. The van der Waals surface area contributed by atoms with Gasteiger partial charge in [0.15, 0.2) is 0 Å². The van der Waals surface area contributed by atoms with Gasteiger partial charge in [0.25, 0.3) is 0 Å². The first-order valence-electron chi connectivity index (χ1n) is 6.95. The molecule has 0 saturated carbocycles. The molecule has 1 amide bonds. The number of aryl methyl sites for hydroxylation is 1. The second-order valence-electron chi connectivity index (χ2n) is 4.88. The van der Waals surface area contributed by atoms with Crippen molar-refractivity contribution in [3.05, 3.63) is 64.4 Å². The van der Waals surface area contributed by atoms with Crippen LogP contribution >= 0.6 is 11.6 Å². The quantitative estimate of drug-likeness (QED) is 0.827. The van der Waals surface area contributed by atoms with E-state index in [2.05, 4.69) is 5.32 Å². The molecule has 5 heteroatoms. The predicted molar refractivity (Wildman–Crippen MR) is 84.8 cm³/mol. The van der Waals surface area contributed by atoms with Crippen LogP contribution in [0.2, 0.25) is 5.02 Å². The van der Waals surface area contributed by atoms with Crippen LogP contribution in [0.15, 0.2) is 42.5 Å². The van der Waals surface area contributed by atoms with Crippen molar-refractivity contribution in [2.75, 3.05) is 13.2 Å². The van der Waals surface area contributed by atoms with Crippen molar-refractivity contribution in [3.63, 3.8) is 0 Å². The Labute approximate surface area is 134 Å². The molecule has 0 aliphatic heterocycles. The third kappa shape index (κ3) is 4.74. The van der Waals surface area contributed by atoms with E-state index >= 15 is 0 Å². The van der Waals surface area contributed by atoms with Gasteiger partial charge in [0, 0.05) is 0 Å². The highest BCUT2D eigenvalue weighted by molar-refractivity contribution is 6.32. The average molecular weight is 322 g/mol. The molecule has 2 aromatic carbocycles. The van der Waals surface area contributed by atoms with E-state index in [0.29, 0.717) is 18.7 Å². The molecule has 0 fully saturated rings. The summed E-state index contributed by atoms with van der Waals surface area (Å²) in [7, 11) is 0. The molecule has 0 bridgehead atoms. The van der Waals surface area contributed by atoms with Crippen molar-refractivity contribution in [2.45, 2.75) is 13.3 Å². The lowest BCUT2D eigenvalue weighted by Crippen LogP contribution is -2.29. The molecule has 0 atom stereocenters. The zero-order valence-corrected chi connectivity index (χ0v) is 13.0. The van der Waals surface area contributed by atoms with E-state index in [4.69, 9.17) is 16.3 Å². The first-order valence-corrected chi connectivity index (χ1v) is 7.33. The van der Waals surface area contributed by atoms with Crippen molar-refractivity contribution in [3.8, 4) is 5.75 Å². The van der Waals surface area contributed by atoms with Gasteiger partial charge in [0.2, 0.25) is 5.91 Å². The highest BCUT2D eigenvalue weighted by Gasteiger charge is 2.06. The maximum Gasteiger partial charge on any atom is 0.224 e. The molecule has 0 aliphatic rings. The molecule has 1 N–H and O–H groups in total. The molecule has 0 saturated heterocycles. The monoisotopic (exact) mass is 321 g/mol. The second-order valence-corrected chi connectivity index (χ2v) is 5.28. The molecule has 2 rings (SSSR count). The van der Waals surface area contributed by atoms with Crippen molar-refractivity contribution < 1.29 is 13.9 Å². The summed E-state index contributed by atoms with van der Waals surface area (Å²) in [6.45, 7) is 2.60. The van der Waals surface area contributed by atoms with Gasteiger partial charge in [-0.15, -0.1) is 0 Å². The van der Waals surface area contributed by atoms with Crippen LogP contribution in [0, 0.1) is 12.7 Å². The van der Waals surface area contributed by atoms with E-state index in [1.807, 2.05) is 31.2 Å². The van der Waals surface area contributed by atoms with E-state index in [0.717, 1.165) is 11.1 Å². The number of hydrogen-bond acceptors (Lipinski definition) is 2. The SMILES string of the molecule is Cc1ccccc1CC(=O)NCCOc1ccc(F)cc1Cl. The zero-order chi connectivity index (χ0) is 15.9. The molecule has 116 valence electrons. The fourth-order valence-electron chi connectivity index (χ4n) is 1.99. The Morgan fingerprint density at radius 2 is 2.05 bits per heavy atom. The van der Waals surface area contributed by atoms with Gasteiger partial charge in [-0.3, -0.25) is 4.79 Å². The molecule has 3 nitrogen and oxygen atoms in total. The van der Waals surface area contributed by atoms with Crippen LogP contribution in [0.1, 0.15) is 11.1 Å². The topological polar surface area (TPSA) is 38.3 Å². The Morgan fingerprint density at radius 3 is 2.77 bits per heavy atom. The number of hydrogen-bond donors (Lipinski definition) is 1. The maximum absolute atomic E-state index is 12.9. The van der Waals surface area contributed by atoms with Crippen LogP contribution < -0.4 is 10.1 Å². The number of nitrogens with one attached hydrogen (secondary N) is 1. The predicted octanol–water partition coefficient (Wildman–Crippen LogP) is 3.53. The number of halogens is 2. The van der Waals surface area contributed by atoms with E-state index in [-0.39, 0.29) is 17.5 Å². The standard InChI is InChI=1S/C17H17ClFNO2/c1-12-4-2-3-5-13(12)10-17(21)20-8-9-22-16-7-6-14(19)11-15(16)18/h2-7,11H,8-10H2,1H3,(H,20,21). The largest absolute Gasteiger partial charge is 0.490 e. The number of benzene rings is 2. The summed E-state index contributed by atoms with van der Waals surface area (Å²) in [6.07, 6.45) is 0.337. The number of amides is 1. The summed E-state index contributed by atoms with van der Waals surface area (Å²) >= 11 is 5.84.